The number of nitrogens with zero attached hydrogens (tertiary/aromatic N) is 2. The number of carbonyl (C=O) groups excluding carboxylic acids is 1. The maximum absolute atomic E-state index is 11.6. The van der Waals surface area contributed by atoms with E-state index in [1.807, 2.05) is 6.20 Å². The van der Waals surface area contributed by atoms with Gasteiger partial charge in [0.1, 0.15) is 11.9 Å². The normalized spacial score (nSPS) is 26.0. The quantitative estimate of drug-likeness (QED) is 0.616. The molecule has 1 aromatic heterocycles. The fraction of sp³-hybridized carbons (Fsp3) is 0.417. The molecule has 2 heterocycles. The minimum Gasteiger partial charge on any atom is -0.488 e. The van der Waals surface area contributed by atoms with Gasteiger partial charge in [-0.2, -0.15) is 5.10 Å². The second-order valence-electron chi connectivity index (χ2n) is 8.72. The molecule has 2 aromatic carbocycles. The van der Waals surface area contributed by atoms with Crippen molar-refractivity contribution in [3.63, 3.8) is 0 Å². The Morgan fingerprint density at radius 1 is 1.16 bits per heavy atom. The molecule has 0 spiro atoms. The molecule has 2 aliphatic rings. The number of aliphatic hydroxyl groups excluding tert-OH is 1. The third-order valence-corrected chi connectivity index (χ3v) is 6.64. The smallest absolute Gasteiger partial charge is 0.337 e. The van der Waals surface area contributed by atoms with Crippen LogP contribution >= 0.6 is 0 Å². The zero-order valence-electron chi connectivity index (χ0n) is 17.5. The number of esters is 1. The Kier molecular flexibility index (Phi) is 5.38. The average molecular weight is 421 g/mol. The number of methoxy groups -OCH3 is 1. The van der Waals surface area contributed by atoms with E-state index in [9.17, 15) is 9.90 Å². The summed E-state index contributed by atoms with van der Waals surface area (Å²) in [6.45, 7) is 2.92. The number of carbonyl (C=O) groups is 1. The molecule has 7 heteroatoms. The van der Waals surface area contributed by atoms with Crippen LogP contribution in [0.4, 0.5) is 0 Å². The number of aromatic amines is 1. The summed E-state index contributed by atoms with van der Waals surface area (Å²) >= 11 is 0. The maximum atomic E-state index is 11.6. The van der Waals surface area contributed by atoms with Gasteiger partial charge in [0.05, 0.1) is 30.5 Å². The molecule has 0 unspecified atom stereocenters. The number of H-pyrrole nitrogens is 1. The van der Waals surface area contributed by atoms with Crippen LogP contribution in [-0.2, 0) is 11.3 Å². The van der Waals surface area contributed by atoms with E-state index in [1.54, 1.807) is 24.3 Å². The number of hydrogen-bond acceptors (Lipinski definition) is 6. The Morgan fingerprint density at radius 2 is 1.94 bits per heavy atom. The van der Waals surface area contributed by atoms with Gasteiger partial charge in [-0.05, 0) is 60.6 Å². The standard InChI is InChI=1S/C24H27N3O4/c1-30-24(29)16-4-6-20(7-5-16)31-23-10-19-14-27(13-18(19)9-22(23)28)12-15-2-3-17-11-25-26-21(17)8-15/h2-8,11,18-19,22-23,28H,9-10,12-14H2,1H3,(H,25,26)/t18-,19+,22-,23-/m0/s1. The number of rotatable bonds is 5. The number of aliphatic hydroxyl groups is 1. The zero-order valence-corrected chi connectivity index (χ0v) is 17.5. The molecule has 3 aromatic rings. The van der Waals surface area contributed by atoms with Crippen molar-refractivity contribution >= 4 is 16.9 Å². The van der Waals surface area contributed by atoms with Gasteiger partial charge < -0.3 is 14.6 Å². The first-order valence-corrected chi connectivity index (χ1v) is 10.8. The molecule has 1 aliphatic carbocycles. The second kappa shape index (κ2) is 8.32. The van der Waals surface area contributed by atoms with Gasteiger partial charge in [0.2, 0.25) is 0 Å². The van der Waals surface area contributed by atoms with Crippen molar-refractivity contribution in [3.05, 3.63) is 59.8 Å². The van der Waals surface area contributed by atoms with E-state index < -0.39 is 6.10 Å². The molecule has 162 valence electrons. The highest BCUT2D eigenvalue weighted by atomic mass is 16.5. The van der Waals surface area contributed by atoms with Gasteiger partial charge >= 0.3 is 5.97 Å². The van der Waals surface area contributed by atoms with E-state index in [-0.39, 0.29) is 12.1 Å². The van der Waals surface area contributed by atoms with Crippen LogP contribution in [0.1, 0.15) is 28.8 Å². The molecular formula is C24H27N3O4. The monoisotopic (exact) mass is 421 g/mol. The van der Waals surface area contributed by atoms with Gasteiger partial charge in [0.15, 0.2) is 0 Å². The Hall–Kier alpha value is -2.90. The van der Waals surface area contributed by atoms with Crippen LogP contribution in [0.3, 0.4) is 0 Å². The number of benzene rings is 2. The van der Waals surface area contributed by atoms with Crippen LogP contribution in [0.2, 0.25) is 0 Å². The van der Waals surface area contributed by atoms with Crippen LogP contribution in [-0.4, -0.2) is 58.6 Å². The molecule has 7 nitrogen and oxygen atoms in total. The van der Waals surface area contributed by atoms with Crippen molar-refractivity contribution in [2.24, 2.45) is 11.8 Å². The molecule has 0 bridgehead atoms. The van der Waals surface area contributed by atoms with Gasteiger partial charge in [0, 0.05) is 25.0 Å². The fourth-order valence-corrected chi connectivity index (χ4v) is 5.05. The first-order valence-electron chi connectivity index (χ1n) is 10.8. The van der Waals surface area contributed by atoms with Crippen molar-refractivity contribution in [1.82, 2.24) is 15.1 Å². The van der Waals surface area contributed by atoms with Gasteiger partial charge in [-0.3, -0.25) is 10.00 Å². The third-order valence-electron chi connectivity index (χ3n) is 6.64. The van der Waals surface area contributed by atoms with E-state index in [1.165, 1.54) is 12.7 Å². The summed E-state index contributed by atoms with van der Waals surface area (Å²) in [5.74, 6) is 1.30. The zero-order chi connectivity index (χ0) is 21.4. The molecule has 0 amide bonds. The summed E-state index contributed by atoms with van der Waals surface area (Å²) < 4.78 is 10.8. The molecule has 0 radical (unpaired) electrons. The number of ether oxygens (including phenoxy) is 2. The minimum absolute atomic E-state index is 0.230. The van der Waals surface area contributed by atoms with Crippen molar-refractivity contribution < 1.29 is 19.4 Å². The van der Waals surface area contributed by atoms with Crippen molar-refractivity contribution in [1.29, 1.82) is 0 Å². The molecular weight excluding hydrogens is 394 g/mol. The van der Waals surface area contributed by atoms with Crippen molar-refractivity contribution in [2.75, 3.05) is 20.2 Å². The highest BCUT2D eigenvalue weighted by molar-refractivity contribution is 5.89. The predicted molar refractivity (Wildman–Crippen MR) is 116 cm³/mol. The van der Waals surface area contributed by atoms with Gasteiger partial charge in [0.25, 0.3) is 0 Å². The van der Waals surface area contributed by atoms with Crippen LogP contribution < -0.4 is 4.74 Å². The second-order valence-corrected chi connectivity index (χ2v) is 8.72. The average Bonchev–Trinajstić information content (AvgIpc) is 3.39. The first-order chi connectivity index (χ1) is 15.1. The summed E-state index contributed by atoms with van der Waals surface area (Å²) in [7, 11) is 1.36. The van der Waals surface area contributed by atoms with Crippen LogP contribution in [0.25, 0.3) is 10.9 Å². The molecule has 5 rings (SSSR count). The van der Waals surface area contributed by atoms with E-state index in [0.717, 1.165) is 43.4 Å². The molecule has 1 aliphatic heterocycles. The lowest BCUT2D eigenvalue weighted by atomic mass is 9.78. The number of hydrogen-bond donors (Lipinski definition) is 2. The summed E-state index contributed by atoms with van der Waals surface area (Å²) in [5.41, 5.74) is 2.82. The van der Waals surface area contributed by atoms with Crippen LogP contribution in [0.15, 0.2) is 48.7 Å². The molecule has 4 atom stereocenters. The number of likely N-dealkylation sites (tertiary alicyclic amines) is 1. The van der Waals surface area contributed by atoms with E-state index in [0.29, 0.717) is 23.1 Å². The van der Waals surface area contributed by atoms with Crippen molar-refractivity contribution in [3.8, 4) is 5.75 Å². The van der Waals surface area contributed by atoms with Gasteiger partial charge in [-0.1, -0.05) is 12.1 Å². The van der Waals surface area contributed by atoms with E-state index in [2.05, 4.69) is 33.3 Å². The molecule has 2 fully saturated rings. The molecule has 1 saturated carbocycles. The Labute approximate surface area is 181 Å². The lowest BCUT2D eigenvalue weighted by molar-refractivity contribution is -0.0231. The van der Waals surface area contributed by atoms with Crippen LogP contribution in [0.5, 0.6) is 5.75 Å². The molecule has 2 N–H and O–H groups in total. The highest BCUT2D eigenvalue weighted by Crippen LogP contribution is 2.38. The summed E-state index contributed by atoms with van der Waals surface area (Å²) in [6, 6.07) is 13.3. The SMILES string of the molecule is COC(=O)c1ccc(O[C@H]2C[C@@H]3CN(Cc4ccc5cn[nH]c5c4)C[C@@H]3C[C@@H]2O)cc1. The van der Waals surface area contributed by atoms with Crippen molar-refractivity contribution in [2.45, 2.75) is 31.6 Å². The number of nitrogens with one attached hydrogen (secondary N) is 1. The number of aromatic nitrogens is 2. The van der Waals surface area contributed by atoms with Gasteiger partial charge in [-0.25, -0.2) is 4.79 Å². The molecule has 31 heavy (non-hydrogen) atoms. The summed E-state index contributed by atoms with van der Waals surface area (Å²) in [5, 5.41) is 19.0. The Balaban J connectivity index is 1.20. The minimum atomic E-state index is -0.483. The lowest BCUT2D eigenvalue weighted by Crippen LogP contribution is -2.42. The highest BCUT2D eigenvalue weighted by Gasteiger charge is 2.42. The lowest BCUT2D eigenvalue weighted by Gasteiger charge is -2.35. The van der Waals surface area contributed by atoms with E-state index in [4.69, 9.17) is 9.47 Å². The predicted octanol–water partition coefficient (Wildman–Crippen LogP) is 3.00. The van der Waals surface area contributed by atoms with Gasteiger partial charge in [-0.15, -0.1) is 0 Å². The Morgan fingerprint density at radius 3 is 2.71 bits per heavy atom. The molecule has 1 saturated heterocycles. The first kappa shape index (κ1) is 20.0. The van der Waals surface area contributed by atoms with Crippen LogP contribution in [0, 0.1) is 11.8 Å². The van der Waals surface area contributed by atoms with E-state index >= 15 is 0 Å². The third kappa shape index (κ3) is 4.16. The Bertz CT molecular complexity index is 1060. The summed E-state index contributed by atoms with van der Waals surface area (Å²) in [6.07, 6.45) is 2.72. The summed E-state index contributed by atoms with van der Waals surface area (Å²) in [4.78, 5) is 14.1. The maximum Gasteiger partial charge on any atom is 0.337 e. The topological polar surface area (TPSA) is 87.7 Å². The largest absolute Gasteiger partial charge is 0.488 e. The fourth-order valence-electron chi connectivity index (χ4n) is 5.05. The number of fused-ring (bicyclic) bond motifs is 2.